The second kappa shape index (κ2) is 10.6. The maximum absolute atomic E-state index is 13.5. The Kier molecular flexibility index (Phi) is 7.46. The third kappa shape index (κ3) is 5.27. The molecule has 1 aromatic carbocycles. The zero-order valence-corrected chi connectivity index (χ0v) is 21.6. The Morgan fingerprint density at radius 1 is 1.06 bits per heavy atom. The molecule has 3 fully saturated rings. The SMILES string of the molecule is Cc1nc(Nc2ccc(Cl)c(Cl)c2)c(C)c(C(=O)N2CCC(N3CCOC4COCCC43)CC2)n1. The van der Waals surface area contributed by atoms with Crippen LogP contribution in [0.25, 0.3) is 0 Å². The molecule has 0 spiro atoms. The molecule has 1 amide bonds. The number of aromatic nitrogens is 2. The molecule has 35 heavy (non-hydrogen) atoms. The van der Waals surface area contributed by atoms with Crippen LogP contribution in [0.5, 0.6) is 0 Å². The van der Waals surface area contributed by atoms with Crippen molar-refractivity contribution in [3.63, 3.8) is 0 Å². The van der Waals surface area contributed by atoms with Gasteiger partial charge in [0.1, 0.15) is 17.3 Å². The molecule has 4 heterocycles. The van der Waals surface area contributed by atoms with Gasteiger partial charge in [0.2, 0.25) is 0 Å². The molecule has 10 heteroatoms. The Bertz CT molecular complexity index is 1090. The summed E-state index contributed by atoms with van der Waals surface area (Å²) < 4.78 is 11.6. The number of rotatable bonds is 4. The van der Waals surface area contributed by atoms with Gasteiger partial charge in [0.15, 0.2) is 0 Å². The van der Waals surface area contributed by atoms with E-state index in [1.54, 1.807) is 19.1 Å². The molecular formula is C25H31Cl2N5O3. The first-order chi connectivity index (χ1) is 16.9. The van der Waals surface area contributed by atoms with E-state index in [9.17, 15) is 4.79 Å². The van der Waals surface area contributed by atoms with E-state index < -0.39 is 0 Å². The predicted molar refractivity (Wildman–Crippen MR) is 136 cm³/mol. The van der Waals surface area contributed by atoms with Gasteiger partial charge in [0.25, 0.3) is 5.91 Å². The summed E-state index contributed by atoms with van der Waals surface area (Å²) in [4.78, 5) is 27.1. The molecule has 8 nitrogen and oxygen atoms in total. The number of anilines is 2. The quantitative estimate of drug-likeness (QED) is 0.646. The first kappa shape index (κ1) is 24.7. The topological polar surface area (TPSA) is 79.8 Å². The van der Waals surface area contributed by atoms with Gasteiger partial charge in [0, 0.05) is 49.6 Å². The highest BCUT2D eigenvalue weighted by molar-refractivity contribution is 6.42. The number of aryl methyl sites for hydroxylation is 1. The molecule has 5 rings (SSSR count). The minimum atomic E-state index is -0.0467. The van der Waals surface area contributed by atoms with Gasteiger partial charge in [-0.2, -0.15) is 0 Å². The third-order valence-corrected chi connectivity index (χ3v) is 7.98. The zero-order chi connectivity index (χ0) is 24.5. The van der Waals surface area contributed by atoms with Crippen LogP contribution >= 0.6 is 23.2 Å². The summed E-state index contributed by atoms with van der Waals surface area (Å²) in [5, 5.41) is 4.20. The molecule has 3 aliphatic rings. The number of nitrogens with one attached hydrogen (secondary N) is 1. The van der Waals surface area contributed by atoms with Crippen LogP contribution in [0.3, 0.4) is 0 Å². The first-order valence-electron chi connectivity index (χ1n) is 12.2. The Labute approximate surface area is 215 Å². The zero-order valence-electron chi connectivity index (χ0n) is 20.1. The molecule has 3 saturated heterocycles. The van der Waals surface area contributed by atoms with Crippen molar-refractivity contribution >= 4 is 40.6 Å². The Hall–Kier alpha value is -1.97. The van der Waals surface area contributed by atoms with Crippen molar-refractivity contribution in [1.29, 1.82) is 0 Å². The van der Waals surface area contributed by atoms with Crippen LogP contribution in [-0.4, -0.2) is 83.3 Å². The van der Waals surface area contributed by atoms with Crippen LogP contribution in [0.4, 0.5) is 11.5 Å². The first-order valence-corrected chi connectivity index (χ1v) is 13.0. The number of carbonyl (C=O) groups excluding carboxylic acids is 1. The van der Waals surface area contributed by atoms with Gasteiger partial charge >= 0.3 is 0 Å². The summed E-state index contributed by atoms with van der Waals surface area (Å²) in [6.45, 7) is 8.28. The molecule has 2 unspecified atom stereocenters. The van der Waals surface area contributed by atoms with Gasteiger partial charge in [0.05, 0.1) is 29.4 Å². The summed E-state index contributed by atoms with van der Waals surface area (Å²) in [6.07, 6.45) is 3.09. The molecule has 1 N–H and O–H groups in total. The van der Waals surface area contributed by atoms with E-state index in [1.165, 1.54) is 0 Å². The lowest BCUT2D eigenvalue weighted by Gasteiger charge is -2.49. The lowest BCUT2D eigenvalue weighted by molar-refractivity contribution is -0.148. The van der Waals surface area contributed by atoms with Gasteiger partial charge < -0.3 is 19.7 Å². The molecular weight excluding hydrogens is 489 g/mol. The number of piperidine rings is 1. The normalized spacial score (nSPS) is 23.7. The minimum Gasteiger partial charge on any atom is -0.379 e. The van der Waals surface area contributed by atoms with Crippen molar-refractivity contribution in [2.75, 3.05) is 44.8 Å². The van der Waals surface area contributed by atoms with Crippen molar-refractivity contribution in [3.05, 3.63) is 45.3 Å². The molecule has 2 atom stereocenters. The maximum Gasteiger partial charge on any atom is 0.272 e. The lowest BCUT2D eigenvalue weighted by atomic mass is 9.95. The largest absolute Gasteiger partial charge is 0.379 e. The highest BCUT2D eigenvalue weighted by atomic mass is 35.5. The molecule has 3 aliphatic heterocycles. The number of ether oxygens (including phenoxy) is 2. The Morgan fingerprint density at radius 3 is 2.63 bits per heavy atom. The number of carbonyl (C=O) groups is 1. The number of benzene rings is 1. The van der Waals surface area contributed by atoms with Gasteiger partial charge in [-0.3, -0.25) is 9.69 Å². The summed E-state index contributed by atoms with van der Waals surface area (Å²) in [7, 11) is 0. The third-order valence-electron chi connectivity index (χ3n) is 7.24. The van der Waals surface area contributed by atoms with E-state index >= 15 is 0 Å². The average Bonchev–Trinajstić information content (AvgIpc) is 2.87. The lowest BCUT2D eigenvalue weighted by Crippen LogP contribution is -2.60. The van der Waals surface area contributed by atoms with Crippen LogP contribution in [0.15, 0.2) is 18.2 Å². The number of likely N-dealkylation sites (tertiary alicyclic amines) is 1. The van der Waals surface area contributed by atoms with E-state index in [2.05, 4.69) is 20.2 Å². The van der Waals surface area contributed by atoms with Crippen molar-refractivity contribution in [2.24, 2.45) is 0 Å². The van der Waals surface area contributed by atoms with Crippen molar-refractivity contribution in [1.82, 2.24) is 19.8 Å². The molecule has 0 bridgehead atoms. The molecule has 0 radical (unpaired) electrons. The second-order valence-corrected chi connectivity index (χ2v) is 10.3. The number of hydrogen-bond acceptors (Lipinski definition) is 7. The van der Waals surface area contributed by atoms with Gasteiger partial charge in [-0.15, -0.1) is 0 Å². The van der Waals surface area contributed by atoms with Crippen molar-refractivity contribution in [3.8, 4) is 0 Å². The van der Waals surface area contributed by atoms with Crippen molar-refractivity contribution in [2.45, 2.75) is 51.3 Å². The predicted octanol–water partition coefficient (Wildman–Crippen LogP) is 4.24. The number of halogens is 2. The fourth-order valence-electron chi connectivity index (χ4n) is 5.39. The van der Waals surface area contributed by atoms with Crippen molar-refractivity contribution < 1.29 is 14.3 Å². The second-order valence-electron chi connectivity index (χ2n) is 9.45. The van der Waals surface area contributed by atoms with Crippen LogP contribution in [-0.2, 0) is 9.47 Å². The highest BCUT2D eigenvalue weighted by Crippen LogP contribution is 2.30. The van der Waals surface area contributed by atoms with Gasteiger partial charge in [-0.05, 0) is 51.3 Å². The van der Waals surface area contributed by atoms with Crippen LogP contribution in [0.1, 0.15) is 41.1 Å². The van der Waals surface area contributed by atoms with Gasteiger partial charge in [-0.25, -0.2) is 9.97 Å². The van der Waals surface area contributed by atoms with E-state index in [0.29, 0.717) is 64.7 Å². The smallest absolute Gasteiger partial charge is 0.272 e. The summed E-state index contributed by atoms with van der Waals surface area (Å²) >= 11 is 12.2. The van der Waals surface area contributed by atoms with Gasteiger partial charge in [-0.1, -0.05) is 23.2 Å². The average molecular weight is 520 g/mol. The molecule has 0 aliphatic carbocycles. The fourth-order valence-corrected chi connectivity index (χ4v) is 5.69. The number of morpholine rings is 1. The summed E-state index contributed by atoms with van der Waals surface area (Å²) in [6, 6.07) is 6.18. The Morgan fingerprint density at radius 2 is 1.86 bits per heavy atom. The standard InChI is InChI=1S/C25H31Cl2N5O3/c1-15-23(28-16(2)29-24(15)30-17-3-4-19(26)20(27)13-17)25(33)31-8-5-18(6-9-31)32-10-12-35-22-14-34-11-7-21(22)32/h3-4,13,18,21-22H,5-12,14H2,1-2H3,(H,28,29,30). The minimum absolute atomic E-state index is 0.0467. The molecule has 2 aromatic rings. The van der Waals surface area contributed by atoms with E-state index in [-0.39, 0.29) is 12.0 Å². The van der Waals surface area contributed by atoms with E-state index in [1.807, 2.05) is 17.9 Å². The number of fused-ring (bicyclic) bond motifs is 1. The summed E-state index contributed by atoms with van der Waals surface area (Å²) in [5.41, 5.74) is 1.90. The number of nitrogens with zero attached hydrogens (tertiary/aromatic N) is 4. The maximum atomic E-state index is 13.5. The summed E-state index contributed by atoms with van der Waals surface area (Å²) in [5.74, 6) is 1.08. The molecule has 1 aromatic heterocycles. The van der Waals surface area contributed by atoms with E-state index in [0.717, 1.165) is 44.7 Å². The monoisotopic (exact) mass is 519 g/mol. The highest BCUT2D eigenvalue weighted by Gasteiger charge is 2.39. The number of hydrogen-bond donors (Lipinski definition) is 1. The van der Waals surface area contributed by atoms with E-state index in [4.69, 9.17) is 32.7 Å². The van der Waals surface area contributed by atoms with Crippen LogP contribution in [0, 0.1) is 13.8 Å². The van der Waals surface area contributed by atoms with Crippen LogP contribution in [0.2, 0.25) is 10.0 Å². The van der Waals surface area contributed by atoms with Crippen LogP contribution < -0.4 is 5.32 Å². The molecule has 0 saturated carbocycles. The fraction of sp³-hybridized carbons (Fsp3) is 0.560. The number of amides is 1. The molecule has 188 valence electrons. The Balaban J connectivity index is 1.27.